The van der Waals surface area contributed by atoms with Crippen LogP contribution < -0.4 is 15.2 Å². The molecule has 5 nitrogen and oxygen atoms in total. The summed E-state index contributed by atoms with van der Waals surface area (Å²) in [6.45, 7) is 0.479. The predicted molar refractivity (Wildman–Crippen MR) is 87.1 cm³/mol. The van der Waals surface area contributed by atoms with Gasteiger partial charge in [0.15, 0.2) is 0 Å². The molecule has 5 heteroatoms. The number of ether oxygens (including phenoxy) is 1. The van der Waals surface area contributed by atoms with Crippen LogP contribution >= 0.6 is 0 Å². The first-order chi connectivity index (χ1) is 11.6. The van der Waals surface area contributed by atoms with E-state index in [0.29, 0.717) is 13.0 Å². The number of methoxy groups -OCH3 is 1. The fourth-order valence-corrected chi connectivity index (χ4v) is 4.51. The van der Waals surface area contributed by atoms with E-state index in [1.54, 1.807) is 7.11 Å². The van der Waals surface area contributed by atoms with Gasteiger partial charge in [0, 0.05) is 24.3 Å². The van der Waals surface area contributed by atoms with Gasteiger partial charge in [0.1, 0.15) is 5.75 Å². The number of carbonyl (C=O) groups is 2. The van der Waals surface area contributed by atoms with Gasteiger partial charge in [-0.1, -0.05) is 18.2 Å². The number of para-hydroxylation sites is 1. The van der Waals surface area contributed by atoms with Gasteiger partial charge in [-0.25, -0.2) is 0 Å². The van der Waals surface area contributed by atoms with E-state index in [2.05, 4.69) is 5.32 Å². The van der Waals surface area contributed by atoms with Crippen LogP contribution in [0.1, 0.15) is 31.2 Å². The third kappa shape index (κ3) is 3.25. The molecule has 0 aromatic heterocycles. The normalized spacial score (nSPS) is 28.4. The van der Waals surface area contributed by atoms with Crippen LogP contribution in [-0.2, 0) is 16.0 Å². The molecule has 3 saturated carbocycles. The second-order valence-electron chi connectivity index (χ2n) is 6.90. The minimum Gasteiger partial charge on any atom is -0.550 e. The van der Waals surface area contributed by atoms with Crippen LogP contribution in [0.3, 0.4) is 0 Å². The number of benzene rings is 1. The number of carboxylic acids is 1. The van der Waals surface area contributed by atoms with Gasteiger partial charge < -0.3 is 20.0 Å². The topological polar surface area (TPSA) is 78.5 Å². The molecule has 4 rings (SSSR count). The van der Waals surface area contributed by atoms with Gasteiger partial charge in [0.05, 0.1) is 7.11 Å². The largest absolute Gasteiger partial charge is 0.550 e. The summed E-state index contributed by atoms with van der Waals surface area (Å²) in [4.78, 5) is 24.1. The Kier molecular flexibility index (Phi) is 5.07. The standard InChI is InChI=1S/C19H25NO4/c1-24-15-5-3-2-4-12(15)10-11-20-18(21)16-13-6-8-14(9-7-13)17(16)19(22)23/h2-5,13-14,16-17H,6-11H2,1H3,(H,20,21)(H,22,23)/p-1/t13?,14?,16-,17-/m1/s1. The minimum absolute atomic E-state index is 0.102. The average molecular weight is 330 g/mol. The van der Waals surface area contributed by atoms with Crippen LogP contribution in [0.4, 0.5) is 0 Å². The lowest BCUT2D eigenvalue weighted by atomic mass is 9.58. The van der Waals surface area contributed by atoms with Gasteiger partial charge in [-0.2, -0.15) is 0 Å². The zero-order chi connectivity index (χ0) is 17.1. The van der Waals surface area contributed by atoms with Crippen molar-refractivity contribution in [3.8, 4) is 5.75 Å². The lowest BCUT2D eigenvalue weighted by Gasteiger charge is -2.48. The molecule has 3 aliphatic carbocycles. The average Bonchev–Trinajstić information content (AvgIpc) is 2.62. The van der Waals surface area contributed by atoms with E-state index >= 15 is 0 Å². The van der Waals surface area contributed by atoms with Crippen LogP contribution in [0.15, 0.2) is 24.3 Å². The molecule has 0 radical (unpaired) electrons. The molecule has 1 N–H and O–H groups in total. The number of amides is 1. The Morgan fingerprint density at radius 3 is 2.38 bits per heavy atom. The van der Waals surface area contributed by atoms with Crippen molar-refractivity contribution in [2.75, 3.05) is 13.7 Å². The lowest BCUT2D eigenvalue weighted by molar-refractivity contribution is -0.318. The van der Waals surface area contributed by atoms with Crippen molar-refractivity contribution in [3.63, 3.8) is 0 Å². The summed E-state index contributed by atoms with van der Waals surface area (Å²) in [5, 5.41) is 14.5. The number of hydrogen-bond donors (Lipinski definition) is 1. The van der Waals surface area contributed by atoms with Gasteiger partial charge in [-0.15, -0.1) is 0 Å². The first-order valence-corrected chi connectivity index (χ1v) is 8.72. The highest BCUT2D eigenvalue weighted by Crippen LogP contribution is 2.48. The zero-order valence-corrected chi connectivity index (χ0v) is 14.0. The Hall–Kier alpha value is -2.04. The van der Waals surface area contributed by atoms with E-state index in [0.717, 1.165) is 37.0 Å². The first-order valence-electron chi connectivity index (χ1n) is 8.72. The van der Waals surface area contributed by atoms with E-state index in [9.17, 15) is 14.7 Å². The number of carbonyl (C=O) groups excluding carboxylic acids is 2. The second-order valence-corrected chi connectivity index (χ2v) is 6.90. The van der Waals surface area contributed by atoms with Crippen LogP contribution in [0.2, 0.25) is 0 Å². The molecule has 1 aromatic rings. The lowest BCUT2D eigenvalue weighted by Crippen LogP contribution is -2.54. The molecule has 3 aliphatic rings. The van der Waals surface area contributed by atoms with Gasteiger partial charge in [-0.05, 0) is 55.6 Å². The fourth-order valence-electron chi connectivity index (χ4n) is 4.51. The summed E-state index contributed by atoms with van der Waals surface area (Å²) in [5.41, 5.74) is 1.03. The maximum absolute atomic E-state index is 12.6. The Balaban J connectivity index is 1.61. The van der Waals surface area contributed by atoms with E-state index < -0.39 is 17.8 Å². The highest BCUT2D eigenvalue weighted by atomic mass is 16.5. The number of nitrogens with one attached hydrogen (secondary N) is 1. The summed E-state index contributed by atoms with van der Waals surface area (Å²) in [6, 6.07) is 7.71. The van der Waals surface area contributed by atoms with Crippen molar-refractivity contribution >= 4 is 11.9 Å². The fraction of sp³-hybridized carbons (Fsp3) is 0.579. The predicted octanol–water partition coefficient (Wildman–Crippen LogP) is 1.16. The van der Waals surface area contributed by atoms with E-state index in [1.807, 2.05) is 24.3 Å². The molecule has 24 heavy (non-hydrogen) atoms. The van der Waals surface area contributed by atoms with Gasteiger partial charge in [-0.3, -0.25) is 4.79 Å². The van der Waals surface area contributed by atoms with Gasteiger partial charge in [0.2, 0.25) is 5.91 Å². The molecule has 2 bridgehead atoms. The maximum Gasteiger partial charge on any atom is 0.224 e. The number of rotatable bonds is 6. The molecular weight excluding hydrogens is 306 g/mol. The van der Waals surface area contributed by atoms with E-state index in [-0.39, 0.29) is 17.7 Å². The maximum atomic E-state index is 12.6. The summed E-state index contributed by atoms with van der Waals surface area (Å²) < 4.78 is 5.31. The number of aliphatic carboxylic acids is 1. The number of hydrogen-bond acceptors (Lipinski definition) is 4. The minimum atomic E-state index is -1.06. The molecule has 1 aromatic carbocycles. The van der Waals surface area contributed by atoms with Crippen molar-refractivity contribution in [1.82, 2.24) is 5.32 Å². The third-order valence-electron chi connectivity index (χ3n) is 5.68. The van der Waals surface area contributed by atoms with Crippen molar-refractivity contribution in [2.24, 2.45) is 23.7 Å². The van der Waals surface area contributed by atoms with Crippen molar-refractivity contribution in [1.29, 1.82) is 0 Å². The Morgan fingerprint density at radius 2 is 1.75 bits per heavy atom. The quantitative estimate of drug-likeness (QED) is 0.849. The number of carboxylic acid groups (broad SMARTS) is 1. The summed E-state index contributed by atoms with van der Waals surface area (Å²) in [5.74, 6) is -1.16. The van der Waals surface area contributed by atoms with Crippen molar-refractivity contribution < 1.29 is 19.4 Å². The highest BCUT2D eigenvalue weighted by Gasteiger charge is 2.47. The van der Waals surface area contributed by atoms with E-state index in [4.69, 9.17) is 4.74 Å². The van der Waals surface area contributed by atoms with Crippen molar-refractivity contribution in [3.05, 3.63) is 29.8 Å². The molecule has 0 aliphatic heterocycles. The molecule has 130 valence electrons. The molecular formula is C19H24NO4-. The van der Waals surface area contributed by atoms with Gasteiger partial charge in [0.25, 0.3) is 0 Å². The molecule has 1 amide bonds. The third-order valence-corrected chi connectivity index (χ3v) is 5.68. The monoisotopic (exact) mass is 330 g/mol. The molecule has 3 fully saturated rings. The van der Waals surface area contributed by atoms with Crippen LogP contribution in [0.5, 0.6) is 5.75 Å². The number of fused-ring (bicyclic) bond motifs is 3. The van der Waals surface area contributed by atoms with Crippen LogP contribution in [-0.4, -0.2) is 25.5 Å². The Morgan fingerprint density at radius 1 is 1.12 bits per heavy atom. The van der Waals surface area contributed by atoms with Gasteiger partial charge >= 0.3 is 0 Å². The molecule has 0 saturated heterocycles. The summed E-state index contributed by atoms with van der Waals surface area (Å²) in [7, 11) is 1.63. The summed E-state index contributed by atoms with van der Waals surface area (Å²) >= 11 is 0. The SMILES string of the molecule is COc1ccccc1CCNC(=O)[C@@H]1C2CCC(CC2)[C@H]1C(=O)[O-]. The molecule has 2 atom stereocenters. The first kappa shape index (κ1) is 16.8. The Bertz CT molecular complexity index is 607. The summed E-state index contributed by atoms with van der Waals surface area (Å²) in [6.07, 6.45) is 4.40. The zero-order valence-electron chi connectivity index (χ0n) is 14.0. The molecule has 0 heterocycles. The van der Waals surface area contributed by atoms with Crippen LogP contribution in [0, 0.1) is 23.7 Å². The van der Waals surface area contributed by atoms with Crippen LogP contribution in [0.25, 0.3) is 0 Å². The molecule has 0 spiro atoms. The Labute approximate surface area is 142 Å². The molecule has 0 unspecified atom stereocenters. The van der Waals surface area contributed by atoms with E-state index in [1.165, 1.54) is 0 Å². The van der Waals surface area contributed by atoms with Crippen molar-refractivity contribution in [2.45, 2.75) is 32.1 Å². The second kappa shape index (κ2) is 7.24. The smallest absolute Gasteiger partial charge is 0.224 e. The highest BCUT2D eigenvalue weighted by molar-refractivity contribution is 5.85.